The van der Waals surface area contributed by atoms with Gasteiger partial charge in [0.15, 0.2) is 0 Å². The first-order chi connectivity index (χ1) is 8.75. The van der Waals surface area contributed by atoms with Gasteiger partial charge in [0, 0.05) is 17.6 Å². The van der Waals surface area contributed by atoms with Crippen molar-refractivity contribution in [3.8, 4) is 11.3 Å². The van der Waals surface area contributed by atoms with Gasteiger partial charge >= 0.3 is 0 Å². The monoisotopic (exact) mass is 261 g/mol. The summed E-state index contributed by atoms with van der Waals surface area (Å²) in [6, 6.07) is 8.29. The SMILES string of the molecule is Cn1c(-c2cccc(Cl)c2)cnc1C1CCCN1. The normalized spacial score (nSPS) is 19.3. The molecule has 1 unspecified atom stereocenters. The molecule has 0 aliphatic carbocycles. The van der Waals surface area contributed by atoms with Crippen LogP contribution in [0.1, 0.15) is 24.7 Å². The second-order valence-electron chi connectivity index (χ2n) is 4.72. The molecule has 0 saturated carbocycles. The van der Waals surface area contributed by atoms with E-state index in [4.69, 9.17) is 11.6 Å². The number of benzene rings is 1. The summed E-state index contributed by atoms with van der Waals surface area (Å²) >= 11 is 6.04. The number of halogens is 1. The molecule has 2 aromatic rings. The van der Waals surface area contributed by atoms with Crippen molar-refractivity contribution in [3.63, 3.8) is 0 Å². The van der Waals surface area contributed by atoms with Crippen molar-refractivity contribution in [2.75, 3.05) is 6.54 Å². The summed E-state index contributed by atoms with van der Waals surface area (Å²) in [6.45, 7) is 1.09. The van der Waals surface area contributed by atoms with Crippen LogP contribution in [0.5, 0.6) is 0 Å². The van der Waals surface area contributed by atoms with Crippen molar-refractivity contribution in [3.05, 3.63) is 41.3 Å². The average molecular weight is 262 g/mol. The second kappa shape index (κ2) is 4.75. The quantitative estimate of drug-likeness (QED) is 0.900. The molecule has 0 amide bonds. The molecule has 0 radical (unpaired) electrons. The molecule has 4 heteroatoms. The van der Waals surface area contributed by atoms with Crippen LogP contribution in [0.2, 0.25) is 5.02 Å². The van der Waals surface area contributed by atoms with E-state index < -0.39 is 0 Å². The number of nitrogens with zero attached hydrogens (tertiary/aromatic N) is 2. The highest BCUT2D eigenvalue weighted by Gasteiger charge is 2.21. The fourth-order valence-electron chi connectivity index (χ4n) is 2.57. The number of imidazole rings is 1. The summed E-state index contributed by atoms with van der Waals surface area (Å²) in [7, 11) is 2.07. The molecule has 0 bridgehead atoms. The Kier molecular flexibility index (Phi) is 3.10. The van der Waals surface area contributed by atoms with Gasteiger partial charge in [-0.3, -0.25) is 0 Å². The van der Waals surface area contributed by atoms with Crippen LogP contribution in [-0.2, 0) is 7.05 Å². The molecule has 1 N–H and O–H groups in total. The van der Waals surface area contributed by atoms with Crippen LogP contribution >= 0.6 is 11.6 Å². The summed E-state index contributed by atoms with van der Waals surface area (Å²) in [5.41, 5.74) is 2.22. The first-order valence-electron chi connectivity index (χ1n) is 6.26. The van der Waals surface area contributed by atoms with Crippen molar-refractivity contribution >= 4 is 11.6 Å². The lowest BCUT2D eigenvalue weighted by atomic mass is 10.1. The van der Waals surface area contributed by atoms with Crippen LogP contribution in [0.3, 0.4) is 0 Å². The Labute approximate surface area is 112 Å². The number of aromatic nitrogens is 2. The van der Waals surface area contributed by atoms with E-state index >= 15 is 0 Å². The highest BCUT2D eigenvalue weighted by atomic mass is 35.5. The topological polar surface area (TPSA) is 29.9 Å². The van der Waals surface area contributed by atoms with Crippen molar-refractivity contribution in [1.82, 2.24) is 14.9 Å². The molecule has 1 saturated heterocycles. The summed E-state index contributed by atoms with van der Waals surface area (Å²) in [4.78, 5) is 4.56. The Balaban J connectivity index is 1.98. The largest absolute Gasteiger partial charge is 0.330 e. The molecule has 94 valence electrons. The Bertz CT molecular complexity index is 556. The molecule has 18 heavy (non-hydrogen) atoms. The molecule has 1 fully saturated rings. The molecule has 1 aromatic heterocycles. The fourth-order valence-corrected chi connectivity index (χ4v) is 2.76. The maximum absolute atomic E-state index is 6.04. The summed E-state index contributed by atoms with van der Waals surface area (Å²) < 4.78 is 2.16. The lowest BCUT2D eigenvalue weighted by molar-refractivity contribution is 0.581. The molecule has 0 spiro atoms. The summed E-state index contributed by atoms with van der Waals surface area (Å²) in [6.07, 6.45) is 4.32. The van der Waals surface area contributed by atoms with Crippen molar-refractivity contribution in [2.45, 2.75) is 18.9 Å². The van der Waals surface area contributed by atoms with Gasteiger partial charge in [-0.1, -0.05) is 23.7 Å². The molecule has 1 atom stereocenters. The predicted octanol–water partition coefficient (Wildman–Crippen LogP) is 3.17. The lowest BCUT2D eigenvalue weighted by Crippen LogP contribution is -2.17. The van der Waals surface area contributed by atoms with Gasteiger partial charge in [0.05, 0.1) is 17.9 Å². The second-order valence-corrected chi connectivity index (χ2v) is 5.16. The smallest absolute Gasteiger partial charge is 0.126 e. The molecule has 2 heterocycles. The predicted molar refractivity (Wildman–Crippen MR) is 73.6 cm³/mol. The van der Waals surface area contributed by atoms with Gasteiger partial charge in [-0.25, -0.2) is 4.98 Å². The summed E-state index contributed by atoms with van der Waals surface area (Å²) in [5.74, 6) is 1.11. The van der Waals surface area contributed by atoms with E-state index in [0.717, 1.165) is 28.6 Å². The van der Waals surface area contributed by atoms with Gasteiger partial charge < -0.3 is 9.88 Å². The van der Waals surface area contributed by atoms with Gasteiger partial charge in [0.2, 0.25) is 0 Å². The molecule has 1 aliphatic heterocycles. The lowest BCUT2D eigenvalue weighted by Gasteiger charge is -2.11. The van der Waals surface area contributed by atoms with E-state index in [9.17, 15) is 0 Å². The van der Waals surface area contributed by atoms with Crippen LogP contribution in [-0.4, -0.2) is 16.1 Å². The van der Waals surface area contributed by atoms with Gasteiger partial charge in [-0.2, -0.15) is 0 Å². The number of hydrogen-bond acceptors (Lipinski definition) is 2. The Morgan fingerprint density at radius 3 is 3.06 bits per heavy atom. The Morgan fingerprint density at radius 2 is 2.33 bits per heavy atom. The van der Waals surface area contributed by atoms with Crippen molar-refractivity contribution in [2.24, 2.45) is 7.05 Å². The third-order valence-electron chi connectivity index (χ3n) is 3.52. The summed E-state index contributed by atoms with van der Waals surface area (Å²) in [5, 5.41) is 4.24. The number of nitrogens with one attached hydrogen (secondary N) is 1. The number of hydrogen-bond donors (Lipinski definition) is 1. The van der Waals surface area contributed by atoms with E-state index in [2.05, 4.69) is 28.0 Å². The van der Waals surface area contributed by atoms with Gasteiger partial charge in [0.25, 0.3) is 0 Å². The zero-order valence-electron chi connectivity index (χ0n) is 10.4. The minimum atomic E-state index is 0.392. The van der Waals surface area contributed by atoms with E-state index in [1.54, 1.807) is 0 Å². The van der Waals surface area contributed by atoms with E-state index in [-0.39, 0.29) is 0 Å². The first kappa shape index (κ1) is 11.8. The van der Waals surface area contributed by atoms with E-state index in [1.165, 1.54) is 12.8 Å². The highest BCUT2D eigenvalue weighted by Crippen LogP contribution is 2.27. The molecular formula is C14H16ClN3. The minimum Gasteiger partial charge on any atom is -0.330 e. The minimum absolute atomic E-state index is 0.392. The van der Waals surface area contributed by atoms with Crippen molar-refractivity contribution in [1.29, 1.82) is 0 Å². The van der Waals surface area contributed by atoms with Crippen LogP contribution in [0.25, 0.3) is 11.3 Å². The van der Waals surface area contributed by atoms with Crippen LogP contribution in [0.4, 0.5) is 0 Å². The standard InChI is InChI=1S/C14H16ClN3/c1-18-13(10-4-2-5-11(15)8-10)9-17-14(18)12-6-3-7-16-12/h2,4-5,8-9,12,16H,3,6-7H2,1H3. The Hall–Kier alpha value is -1.32. The maximum Gasteiger partial charge on any atom is 0.126 e. The van der Waals surface area contributed by atoms with Crippen LogP contribution < -0.4 is 5.32 Å². The molecule has 3 nitrogen and oxygen atoms in total. The van der Waals surface area contributed by atoms with Gasteiger partial charge in [0.1, 0.15) is 5.82 Å². The first-order valence-corrected chi connectivity index (χ1v) is 6.64. The molecule has 3 rings (SSSR count). The molecular weight excluding hydrogens is 246 g/mol. The van der Waals surface area contributed by atoms with Gasteiger partial charge in [-0.15, -0.1) is 0 Å². The third-order valence-corrected chi connectivity index (χ3v) is 3.75. The van der Waals surface area contributed by atoms with Crippen molar-refractivity contribution < 1.29 is 0 Å². The van der Waals surface area contributed by atoms with Crippen LogP contribution in [0, 0.1) is 0 Å². The zero-order chi connectivity index (χ0) is 12.5. The third kappa shape index (κ3) is 2.04. The molecule has 1 aromatic carbocycles. The zero-order valence-corrected chi connectivity index (χ0v) is 11.1. The molecule has 1 aliphatic rings. The average Bonchev–Trinajstić information content (AvgIpc) is 2.97. The van der Waals surface area contributed by atoms with Crippen LogP contribution in [0.15, 0.2) is 30.5 Å². The number of rotatable bonds is 2. The van der Waals surface area contributed by atoms with Gasteiger partial charge in [-0.05, 0) is 31.5 Å². The van der Waals surface area contributed by atoms with E-state index in [1.807, 2.05) is 24.4 Å². The highest BCUT2D eigenvalue weighted by molar-refractivity contribution is 6.30. The fraction of sp³-hybridized carbons (Fsp3) is 0.357. The Morgan fingerprint density at radius 1 is 1.44 bits per heavy atom. The maximum atomic E-state index is 6.04. The van der Waals surface area contributed by atoms with E-state index in [0.29, 0.717) is 6.04 Å².